The van der Waals surface area contributed by atoms with Crippen LogP contribution in [-0.4, -0.2) is 67.2 Å². The summed E-state index contributed by atoms with van der Waals surface area (Å²) in [5, 5.41) is 25.6. The third-order valence-electron chi connectivity index (χ3n) is 7.09. The van der Waals surface area contributed by atoms with Crippen LogP contribution in [0.5, 0.6) is 5.75 Å². The third-order valence-corrected chi connectivity index (χ3v) is 8.83. The molecule has 5 aromatic rings. The van der Waals surface area contributed by atoms with Crippen LogP contribution in [0.15, 0.2) is 79.1 Å². The molecule has 0 radical (unpaired) electrons. The Bertz CT molecular complexity index is 1870. The van der Waals surface area contributed by atoms with Crippen LogP contribution < -0.4 is 15.3 Å². The van der Waals surface area contributed by atoms with Crippen LogP contribution in [0.25, 0.3) is 21.9 Å². The molecule has 0 aliphatic carbocycles. The van der Waals surface area contributed by atoms with Crippen LogP contribution in [0.3, 0.4) is 0 Å². The minimum absolute atomic E-state index is 0.0140. The van der Waals surface area contributed by atoms with E-state index in [1.54, 1.807) is 36.4 Å². The van der Waals surface area contributed by atoms with Crippen molar-refractivity contribution in [1.82, 2.24) is 24.6 Å². The van der Waals surface area contributed by atoms with Crippen molar-refractivity contribution < 1.29 is 38.1 Å². The normalized spacial score (nSPS) is 21.1. The molecule has 2 aromatic heterocycles. The predicted molar refractivity (Wildman–Crippen MR) is 163 cm³/mol. The molecule has 5 N–H and O–H groups in total. The molecule has 45 heavy (non-hydrogen) atoms. The number of nitrogens with zero attached hydrogens (tertiary/aromatic N) is 4. The molecule has 14 nitrogen and oxygen atoms in total. The maximum absolute atomic E-state index is 14.1. The second-order valence-electron chi connectivity index (χ2n) is 10.1. The fourth-order valence-electron chi connectivity index (χ4n) is 4.84. The number of nitrogen functional groups attached to an aromatic ring is 1. The van der Waals surface area contributed by atoms with Gasteiger partial charge in [0.15, 0.2) is 23.2 Å². The number of esters is 1. The first kappa shape index (κ1) is 30.9. The Morgan fingerprint density at radius 1 is 1.04 bits per heavy atom. The topological polar surface area (TPSA) is 193 Å². The maximum atomic E-state index is 14.1. The average Bonchev–Trinajstić information content (AvgIpc) is 3.53. The molecule has 234 valence electrons. The molecule has 1 aliphatic rings. The van der Waals surface area contributed by atoms with E-state index in [1.165, 1.54) is 10.9 Å². The number of aliphatic hydroxyl groups is 2. The molecule has 0 saturated carbocycles. The summed E-state index contributed by atoms with van der Waals surface area (Å²) in [5.41, 5.74) is 7.01. The van der Waals surface area contributed by atoms with Gasteiger partial charge in [0.1, 0.15) is 43.5 Å². The fourth-order valence-corrected chi connectivity index (χ4v) is 6.39. The Morgan fingerprint density at radius 3 is 2.62 bits per heavy atom. The van der Waals surface area contributed by atoms with Crippen molar-refractivity contribution in [3.63, 3.8) is 0 Å². The number of carbonyl (C=O) groups excluding carboxylic acids is 1. The van der Waals surface area contributed by atoms with Crippen molar-refractivity contribution in [3.8, 4) is 5.75 Å². The Morgan fingerprint density at radius 2 is 1.80 bits per heavy atom. The number of aliphatic hydroxyl groups excluding tert-OH is 2. The van der Waals surface area contributed by atoms with E-state index in [1.807, 2.05) is 36.4 Å². The number of fused-ring (bicyclic) bond motifs is 2. The molecule has 0 bridgehead atoms. The number of rotatable bonds is 11. The van der Waals surface area contributed by atoms with Gasteiger partial charge >= 0.3 is 13.7 Å². The number of ether oxygens (including phenoxy) is 2. The van der Waals surface area contributed by atoms with Crippen LogP contribution in [-0.2, 0) is 30.0 Å². The van der Waals surface area contributed by atoms with Crippen LogP contribution in [0.2, 0.25) is 5.28 Å². The number of aromatic nitrogens is 4. The SMILES string of the molecule is Nc1ncnc2c1nc(Cl)n2[C@@H]1O[C@H](COP(=O)(NCC(=O)OCc2ccccc2)Oc2cccc3ccccc23)[C@H](O)[C@@H]1O. The number of hydrogen-bond acceptors (Lipinski definition) is 12. The summed E-state index contributed by atoms with van der Waals surface area (Å²) < 4.78 is 38.2. The lowest BCUT2D eigenvalue weighted by molar-refractivity contribution is -0.143. The number of benzene rings is 3. The molecule has 1 unspecified atom stereocenters. The number of nitrogens with one attached hydrogen (secondary N) is 1. The molecule has 6 rings (SSSR count). The lowest BCUT2D eigenvalue weighted by Crippen LogP contribution is -2.34. The summed E-state index contributed by atoms with van der Waals surface area (Å²) in [4.78, 5) is 24.7. The van der Waals surface area contributed by atoms with Crippen molar-refractivity contribution >= 4 is 53.1 Å². The average molecular weight is 655 g/mol. The summed E-state index contributed by atoms with van der Waals surface area (Å²) in [6, 6.07) is 21.5. The van der Waals surface area contributed by atoms with Crippen molar-refractivity contribution in [3.05, 3.63) is 90.0 Å². The van der Waals surface area contributed by atoms with Crippen LogP contribution in [0.4, 0.5) is 5.82 Å². The number of imidazole rings is 1. The summed E-state index contributed by atoms with van der Waals surface area (Å²) in [6.45, 7) is -1.03. The minimum Gasteiger partial charge on any atom is -0.460 e. The largest absolute Gasteiger partial charge is 0.460 e. The molecule has 3 aromatic carbocycles. The highest BCUT2D eigenvalue weighted by Gasteiger charge is 2.46. The van der Waals surface area contributed by atoms with Gasteiger partial charge in [-0.3, -0.25) is 13.9 Å². The number of carbonyl (C=O) groups is 1. The van der Waals surface area contributed by atoms with Gasteiger partial charge in [0.25, 0.3) is 0 Å². The van der Waals surface area contributed by atoms with Gasteiger partial charge in [-0.15, -0.1) is 0 Å². The quantitative estimate of drug-likeness (QED) is 0.0921. The Balaban J connectivity index is 1.20. The van der Waals surface area contributed by atoms with Crippen molar-refractivity contribution in [2.75, 3.05) is 18.9 Å². The number of nitrogens with two attached hydrogens (primary N) is 1. The van der Waals surface area contributed by atoms with Gasteiger partial charge in [-0.1, -0.05) is 66.7 Å². The lowest BCUT2D eigenvalue weighted by atomic mass is 10.1. The molecular weight excluding hydrogens is 627 g/mol. The number of anilines is 1. The van der Waals surface area contributed by atoms with Crippen LogP contribution in [0, 0.1) is 0 Å². The van der Waals surface area contributed by atoms with E-state index in [4.69, 9.17) is 35.9 Å². The molecule has 0 amide bonds. The standard InChI is InChI=1S/C29H28ClN6O8P/c30-29-35-23-26(31)32-16-33-27(23)36(29)28-25(39)24(38)21(43-28)15-42-45(40,34-13-22(37)41-14-17-7-2-1-3-8-17)44-20-12-6-10-18-9-4-5-11-19(18)20/h1-12,16,21,24-25,28,38-39H,13-15H2,(H,34,40)(H2,31,32,33)/t21-,24+,25+,28-,45?/m1/s1. The first-order valence-corrected chi connectivity index (χ1v) is 15.7. The second-order valence-corrected chi connectivity index (χ2v) is 12.2. The lowest BCUT2D eigenvalue weighted by Gasteiger charge is -2.23. The van der Waals surface area contributed by atoms with E-state index in [9.17, 15) is 19.6 Å². The molecule has 5 atom stereocenters. The first-order chi connectivity index (χ1) is 21.7. The highest BCUT2D eigenvalue weighted by Crippen LogP contribution is 2.47. The molecule has 1 saturated heterocycles. The van der Waals surface area contributed by atoms with Gasteiger partial charge in [-0.25, -0.2) is 24.6 Å². The van der Waals surface area contributed by atoms with Gasteiger partial charge in [-0.05, 0) is 28.6 Å². The van der Waals surface area contributed by atoms with Crippen LogP contribution in [0.1, 0.15) is 11.8 Å². The van der Waals surface area contributed by atoms with Gasteiger partial charge in [0.05, 0.1) is 6.61 Å². The third kappa shape index (κ3) is 6.63. The maximum Gasteiger partial charge on any atom is 0.459 e. The number of hydrogen-bond donors (Lipinski definition) is 4. The van der Waals surface area contributed by atoms with E-state index in [2.05, 4.69) is 20.0 Å². The highest BCUT2D eigenvalue weighted by atomic mass is 35.5. The molecule has 1 aliphatic heterocycles. The fraction of sp³-hybridized carbons (Fsp3) is 0.241. The van der Waals surface area contributed by atoms with Gasteiger partial charge in [-0.2, -0.15) is 0 Å². The van der Waals surface area contributed by atoms with Crippen LogP contribution >= 0.6 is 19.3 Å². The second kappa shape index (κ2) is 13.1. The smallest absolute Gasteiger partial charge is 0.459 e. The molecule has 1 fully saturated rings. The van der Waals surface area contributed by atoms with Gasteiger partial charge in [0.2, 0.25) is 5.28 Å². The molecular formula is C29H28ClN6O8P. The molecule has 3 heterocycles. The minimum atomic E-state index is -4.33. The zero-order chi connectivity index (χ0) is 31.6. The predicted octanol–water partition coefficient (Wildman–Crippen LogP) is 3.37. The van der Waals surface area contributed by atoms with Gasteiger partial charge in [0, 0.05) is 5.39 Å². The molecule has 0 spiro atoms. The van der Waals surface area contributed by atoms with Crippen molar-refractivity contribution in [1.29, 1.82) is 0 Å². The van der Waals surface area contributed by atoms with E-state index in [0.29, 0.717) is 5.39 Å². The van der Waals surface area contributed by atoms with Gasteiger partial charge < -0.3 is 29.9 Å². The van der Waals surface area contributed by atoms with E-state index < -0.39 is 51.4 Å². The Kier molecular flexibility index (Phi) is 8.97. The Labute approximate surface area is 261 Å². The summed E-state index contributed by atoms with van der Waals surface area (Å²) >= 11 is 6.31. The zero-order valence-corrected chi connectivity index (χ0v) is 25.1. The van der Waals surface area contributed by atoms with E-state index >= 15 is 0 Å². The monoisotopic (exact) mass is 654 g/mol. The highest BCUT2D eigenvalue weighted by molar-refractivity contribution is 7.52. The first-order valence-electron chi connectivity index (χ1n) is 13.7. The molecule has 16 heteroatoms. The van der Waals surface area contributed by atoms with Crippen molar-refractivity contribution in [2.24, 2.45) is 0 Å². The summed E-state index contributed by atoms with van der Waals surface area (Å²) in [7, 11) is -4.33. The zero-order valence-electron chi connectivity index (χ0n) is 23.5. The summed E-state index contributed by atoms with van der Waals surface area (Å²) in [6.07, 6.45) is -4.29. The number of halogens is 1. The Hall–Kier alpha value is -4.14. The van der Waals surface area contributed by atoms with Crippen molar-refractivity contribution in [2.45, 2.75) is 31.1 Å². The summed E-state index contributed by atoms with van der Waals surface area (Å²) in [5.74, 6) is -0.422. The van der Waals surface area contributed by atoms with E-state index in [0.717, 1.165) is 10.9 Å². The van der Waals surface area contributed by atoms with E-state index in [-0.39, 0.29) is 34.6 Å².